The molecule has 0 radical (unpaired) electrons. The molecule has 7 atom stereocenters. The number of fused-ring (bicyclic) bond motifs is 2. The normalized spacial score (nSPS) is 14.2. The summed E-state index contributed by atoms with van der Waals surface area (Å²) in [6.45, 7) is 0.919. The number of nitrogens with zero attached hydrogens (tertiary/aromatic N) is 4. The van der Waals surface area contributed by atoms with Crippen molar-refractivity contribution in [3.63, 3.8) is 0 Å². The van der Waals surface area contributed by atoms with E-state index in [0.29, 0.717) is 52.5 Å². The molecule has 0 saturated carbocycles. The van der Waals surface area contributed by atoms with E-state index in [9.17, 15) is 104 Å². The molecule has 1 unspecified atom stereocenters. The molecule has 2 aliphatic heterocycles. The Kier molecular flexibility index (Phi) is 38.8. The Morgan fingerprint density at radius 3 is 1.53 bits per heavy atom. The summed E-state index contributed by atoms with van der Waals surface area (Å²) in [6, 6.07) is 19.1. The molecule has 1 saturated heterocycles. The Hall–Kier alpha value is -11.7. The number of Topliss-reactive ketones (excluding diaryl/α,β-unsaturated/α-hetero) is 3. The van der Waals surface area contributed by atoms with E-state index in [0.717, 1.165) is 34.0 Å². The molecule has 0 aromatic heterocycles. The number of aryl methyl sites for hydroxylation is 1. The third kappa shape index (κ3) is 31.0. The van der Waals surface area contributed by atoms with Gasteiger partial charge in [0.15, 0.2) is 11.6 Å². The Labute approximate surface area is 712 Å². The fraction of sp³-hybridized carbons (Fsp3) is 0.432. The van der Waals surface area contributed by atoms with Crippen LogP contribution in [0.25, 0.3) is 33.4 Å². The molecule has 42 heteroatoms. The number of hydrogen-bond acceptors (Lipinski definition) is 28. The van der Waals surface area contributed by atoms with E-state index in [1.165, 1.54) is 58.3 Å². The first-order chi connectivity index (χ1) is 58.1. The summed E-state index contributed by atoms with van der Waals surface area (Å²) in [6.07, 6.45) is -3.35. The highest BCUT2D eigenvalue weighted by Crippen LogP contribution is 2.43. The van der Waals surface area contributed by atoms with Crippen molar-refractivity contribution in [3.8, 4) is 22.5 Å². The van der Waals surface area contributed by atoms with Gasteiger partial charge in [0.1, 0.15) is 37.3 Å². The summed E-state index contributed by atoms with van der Waals surface area (Å²) in [5.74, 6) is -19.2. The average molecular weight is 1770 g/mol. The minimum Gasteiger partial charge on any atom is -0.545 e. The number of carbonyl (C=O) groups excluding carboxylic acids is 13. The highest BCUT2D eigenvalue weighted by Gasteiger charge is 2.42. The van der Waals surface area contributed by atoms with Crippen LogP contribution < -0.4 is 74.0 Å². The minimum absolute atomic E-state index is 0.0276. The Morgan fingerprint density at radius 2 is 1.07 bits per heavy atom. The SMILES string of the molecule is Cc1ccc2c(-c3ccc(N4C(=O)CC(SC[C@H](NC(=O)[C@H](CCCCN)CC(=O)[C@H](CC(=O)O)NC(=O)[C@H](CCCCN)CC(=O)[C@H](CC(=O)O)NC(=O)[C@H](CCCCN)CC(=O)CN(CCN(C)CC(=O)Nc5ccc(S(N)(=O)=O)cc5)CC(=O)Nc5ccc(S(N)(=O)=O)cc5)C(=O)O)C4=O)cc3C(=O)[O-])c3ccc(=[N+](C)C)cc-3oc2c1.O=C=O. The second kappa shape index (κ2) is 47.6. The van der Waals surface area contributed by atoms with Gasteiger partial charge in [-0.25, -0.2) is 41.4 Å². The number of benzene rings is 5. The lowest BCUT2D eigenvalue weighted by Crippen LogP contribution is -2.49. The van der Waals surface area contributed by atoms with Crippen LogP contribution >= 0.6 is 11.8 Å². The van der Waals surface area contributed by atoms with Gasteiger partial charge >= 0.3 is 24.1 Å². The van der Waals surface area contributed by atoms with Gasteiger partial charge in [-0.15, -0.1) is 11.8 Å². The summed E-state index contributed by atoms with van der Waals surface area (Å²) >= 11 is 0.704. The summed E-state index contributed by atoms with van der Waals surface area (Å²) in [7, 11) is -2.89. The zero-order valence-electron chi connectivity index (χ0n) is 68.1. The minimum atomic E-state index is -4.10. The molecular weight excluding hydrogens is 1670 g/mol. The molecule has 3 aliphatic rings. The number of carboxylic acids is 4. The number of aliphatic carboxylic acids is 3. The molecule has 0 spiro atoms. The number of rotatable bonds is 50. The Bertz CT molecular complexity index is 5190. The monoisotopic (exact) mass is 1770 g/mol. The maximum Gasteiger partial charge on any atom is 0.373 e. The summed E-state index contributed by atoms with van der Waals surface area (Å²) in [4.78, 5) is 212. The van der Waals surface area contributed by atoms with Gasteiger partial charge in [-0.1, -0.05) is 37.5 Å². The quantitative estimate of drug-likeness (QED) is 0.0104. The number of sulfonamides is 2. The lowest BCUT2D eigenvalue weighted by Gasteiger charge is -2.26. The van der Waals surface area contributed by atoms with Crippen molar-refractivity contribution in [1.29, 1.82) is 0 Å². The number of primary sulfonamides is 2. The van der Waals surface area contributed by atoms with E-state index in [1.54, 1.807) is 31.3 Å². The second-order valence-electron chi connectivity index (χ2n) is 29.7. The lowest BCUT2D eigenvalue weighted by molar-refractivity contribution is -0.255. The van der Waals surface area contributed by atoms with Crippen LogP contribution in [-0.2, 0) is 92.0 Å². The number of aromatic carboxylic acids is 1. The van der Waals surface area contributed by atoms with E-state index in [4.69, 9.17) is 41.5 Å². The van der Waals surface area contributed by atoms with E-state index in [2.05, 4.69) is 26.6 Å². The standard InChI is InChI=1S/C80H102N14O23S3.CO2/c1-46-14-25-58-66(33-46)117-67-38-52(91(2)3)19-27-59(67)74(58)57-26-20-53(37-60(57)79(109)110)94-71(100)41-68(78(94)108)118-45-63(80(111)112)90-77(107)49(13-7-10-30-83)36-65(97)62(40-73(103)104)89-76(106)48(12-6-9-29-82)35-64(96)61(39-72(101)102)88-75(105)47(11-5-8-28-81)34-54(95)42-93(44-70(99)87-51-17-23-56(24-18-51)120(85,115)116)32-31-92(4)43-69(98)86-50-15-21-55(22-16-50)119(84,113)114;2-1-3/h14-27,33,37-38,47-49,61-63,68H,5-13,28-32,34-36,39-45,81-83H2,1-4H3,(H12-,84,85,86,87,88,89,90,98,99,101,102,103,104,105,106,107,109,110,111,112,113,114,115,116);/t47-,48-,49-,61+,62+,63+,68?;/m1./s1. The molecule has 18 N–H and O–H groups in total. The Balaban J connectivity index is 0.00000768. The lowest BCUT2D eigenvalue weighted by atomic mass is 9.89. The number of likely N-dealkylation sites (N-methyl/N-ethyl adjacent to an activating group) is 1. The predicted molar refractivity (Wildman–Crippen MR) is 446 cm³/mol. The van der Waals surface area contributed by atoms with Gasteiger partial charge in [0, 0.05) is 102 Å². The van der Waals surface area contributed by atoms with Crippen LogP contribution in [0.3, 0.4) is 0 Å². The number of anilines is 3. The van der Waals surface area contributed by atoms with Crippen LogP contribution in [0.4, 0.5) is 17.1 Å². The third-order valence-electron chi connectivity index (χ3n) is 19.9. The van der Waals surface area contributed by atoms with Crippen molar-refractivity contribution < 1.29 is 118 Å². The highest BCUT2D eigenvalue weighted by atomic mass is 32.2. The number of carbonyl (C=O) groups is 14. The number of imide groups is 1. The summed E-state index contributed by atoms with van der Waals surface area (Å²) in [5, 5.41) is 66.8. The van der Waals surface area contributed by atoms with Gasteiger partial charge < -0.3 is 73.4 Å². The van der Waals surface area contributed by atoms with Gasteiger partial charge in [0.2, 0.25) is 66.8 Å². The van der Waals surface area contributed by atoms with Crippen molar-refractivity contribution in [2.75, 3.05) is 94.8 Å². The third-order valence-corrected chi connectivity index (χ3v) is 23.0. The van der Waals surface area contributed by atoms with E-state index in [-0.39, 0.29) is 128 Å². The van der Waals surface area contributed by atoms with E-state index < -0.39 is 201 Å². The first-order valence-corrected chi connectivity index (χ1v) is 43.1. The first kappa shape index (κ1) is 100. The van der Waals surface area contributed by atoms with E-state index in [1.807, 2.05) is 37.7 Å². The maximum absolute atomic E-state index is 14.5. The number of ketones is 3. The summed E-state index contributed by atoms with van der Waals surface area (Å²) < 4.78 is 55.5. The molecular formula is C81H102N14O25S3. The maximum atomic E-state index is 14.5. The van der Waals surface area contributed by atoms with Crippen molar-refractivity contribution >= 4 is 149 Å². The number of nitrogens with two attached hydrogens (primary N) is 5. The predicted octanol–water partition coefficient (Wildman–Crippen LogP) is 0.0975. The largest absolute Gasteiger partial charge is 0.545 e. The molecule has 4 aromatic rings. The van der Waals surface area contributed by atoms with Gasteiger partial charge in [-0.3, -0.25) is 67.3 Å². The molecule has 0 bridgehead atoms. The number of amides is 7. The van der Waals surface area contributed by atoms with Gasteiger partial charge in [-0.05, 0) is 156 Å². The molecule has 123 heavy (non-hydrogen) atoms. The van der Waals surface area contributed by atoms with Gasteiger partial charge in [0.25, 0.3) is 0 Å². The van der Waals surface area contributed by atoms with Crippen LogP contribution in [-0.4, -0.2) is 233 Å². The van der Waals surface area contributed by atoms with Crippen LogP contribution in [0.5, 0.6) is 0 Å². The fourth-order valence-corrected chi connectivity index (χ4v) is 15.8. The smallest absolute Gasteiger partial charge is 0.373 e. The first-order valence-electron chi connectivity index (χ1n) is 38.9. The second-order valence-corrected chi connectivity index (χ2v) is 34.0. The number of unbranched alkanes of at least 4 members (excludes halogenated alkanes) is 3. The Morgan fingerprint density at radius 1 is 0.602 bits per heavy atom. The molecule has 7 amide bonds. The molecule has 2 heterocycles. The average Bonchev–Trinajstić information content (AvgIpc) is 1.33. The van der Waals surface area contributed by atoms with Crippen molar-refractivity contribution in [2.24, 2.45) is 45.2 Å². The van der Waals surface area contributed by atoms with Crippen LogP contribution in [0.1, 0.15) is 112 Å². The molecule has 664 valence electrons. The molecule has 1 aliphatic carbocycles. The van der Waals surface area contributed by atoms with Crippen LogP contribution in [0.15, 0.2) is 117 Å². The van der Waals surface area contributed by atoms with Crippen LogP contribution in [0, 0.1) is 24.7 Å². The molecule has 7 rings (SSSR count). The van der Waals surface area contributed by atoms with E-state index >= 15 is 0 Å². The topological polar surface area (TPSA) is 641 Å². The number of thioether (sulfide) groups is 1. The van der Waals surface area contributed by atoms with Crippen LogP contribution in [0.2, 0.25) is 0 Å². The number of hydrogen-bond donors (Lipinski definition) is 13. The van der Waals surface area contributed by atoms with Crippen molar-refractivity contribution in [3.05, 3.63) is 120 Å². The van der Waals surface area contributed by atoms with Crippen molar-refractivity contribution in [1.82, 2.24) is 30.3 Å². The fourth-order valence-electron chi connectivity index (χ4n) is 13.6. The zero-order chi connectivity index (χ0) is 91.2. The van der Waals surface area contributed by atoms with Gasteiger partial charge in [0.05, 0.1) is 77.3 Å². The van der Waals surface area contributed by atoms with Gasteiger partial charge in [-0.2, -0.15) is 9.59 Å². The number of carboxylic acid groups (broad SMARTS) is 4. The molecule has 4 aromatic carbocycles. The zero-order valence-corrected chi connectivity index (χ0v) is 70.5. The molecule has 1 fully saturated rings. The molecule has 39 nitrogen and oxygen atoms in total. The highest BCUT2D eigenvalue weighted by molar-refractivity contribution is 8.00. The number of nitrogens with one attached hydrogen (secondary N) is 5. The van der Waals surface area contributed by atoms with Crippen molar-refractivity contribution in [2.45, 2.75) is 136 Å². The summed E-state index contributed by atoms with van der Waals surface area (Å²) in [5.41, 5.74) is 19.8.